The first-order valence-corrected chi connectivity index (χ1v) is 6.33. The highest BCUT2D eigenvalue weighted by Crippen LogP contribution is 2.25. The molecule has 1 unspecified atom stereocenters. The molecule has 0 aliphatic heterocycles. The van der Waals surface area contributed by atoms with Gasteiger partial charge in [0.1, 0.15) is 16.4 Å². The maximum Gasteiger partial charge on any atom is 0.165 e. The van der Waals surface area contributed by atoms with Gasteiger partial charge in [0.25, 0.3) is 0 Å². The quantitative estimate of drug-likeness (QED) is 0.798. The standard InChI is InChI=1S/C13H12Cl2N2O/c1-2-18-12(9-6-4-3-5-7-9)13-16-10(14)8-11(15)17-13/h3-8,12H,2H2,1H3. The summed E-state index contributed by atoms with van der Waals surface area (Å²) >= 11 is 11.8. The van der Waals surface area contributed by atoms with Crippen LogP contribution in [-0.4, -0.2) is 16.6 Å². The summed E-state index contributed by atoms with van der Waals surface area (Å²) in [5.74, 6) is 0.473. The lowest BCUT2D eigenvalue weighted by Crippen LogP contribution is -2.10. The number of rotatable bonds is 4. The lowest BCUT2D eigenvalue weighted by molar-refractivity contribution is 0.0851. The van der Waals surface area contributed by atoms with Crippen molar-refractivity contribution in [2.75, 3.05) is 6.61 Å². The van der Waals surface area contributed by atoms with E-state index in [0.29, 0.717) is 22.7 Å². The Hall–Kier alpha value is -1.16. The van der Waals surface area contributed by atoms with E-state index in [1.54, 1.807) is 0 Å². The van der Waals surface area contributed by atoms with E-state index in [1.165, 1.54) is 6.07 Å². The van der Waals surface area contributed by atoms with Crippen LogP contribution in [-0.2, 0) is 4.74 Å². The molecule has 1 aromatic carbocycles. The first-order valence-electron chi connectivity index (χ1n) is 5.57. The molecule has 1 heterocycles. The Morgan fingerprint density at radius 1 is 1.11 bits per heavy atom. The Kier molecular flexibility index (Phi) is 4.53. The van der Waals surface area contributed by atoms with Gasteiger partial charge in [0, 0.05) is 12.7 Å². The summed E-state index contributed by atoms with van der Waals surface area (Å²) in [5, 5.41) is 0.622. The molecule has 0 radical (unpaired) electrons. The highest BCUT2D eigenvalue weighted by Gasteiger charge is 2.18. The Labute approximate surface area is 116 Å². The molecule has 1 atom stereocenters. The minimum atomic E-state index is -0.354. The lowest BCUT2D eigenvalue weighted by atomic mass is 10.1. The van der Waals surface area contributed by atoms with Crippen LogP contribution in [0.15, 0.2) is 36.4 Å². The summed E-state index contributed by atoms with van der Waals surface area (Å²) in [4.78, 5) is 8.35. The van der Waals surface area contributed by atoms with Crippen molar-refractivity contribution in [2.45, 2.75) is 13.0 Å². The molecule has 0 amide bonds. The fourth-order valence-electron chi connectivity index (χ4n) is 1.64. The van der Waals surface area contributed by atoms with Gasteiger partial charge in [0.15, 0.2) is 5.82 Å². The Balaban J connectivity index is 2.41. The normalized spacial score (nSPS) is 12.4. The van der Waals surface area contributed by atoms with E-state index in [4.69, 9.17) is 27.9 Å². The second-order valence-electron chi connectivity index (χ2n) is 3.62. The molecule has 3 nitrogen and oxygen atoms in total. The van der Waals surface area contributed by atoms with Crippen LogP contribution in [0.4, 0.5) is 0 Å². The lowest BCUT2D eigenvalue weighted by Gasteiger charge is -2.16. The first kappa shape index (κ1) is 13.3. The van der Waals surface area contributed by atoms with Crippen molar-refractivity contribution < 1.29 is 4.74 Å². The zero-order valence-corrected chi connectivity index (χ0v) is 11.3. The van der Waals surface area contributed by atoms with Gasteiger partial charge in [-0.2, -0.15) is 0 Å². The zero-order chi connectivity index (χ0) is 13.0. The average molecular weight is 283 g/mol. The molecule has 0 bridgehead atoms. The molecule has 0 fully saturated rings. The molecule has 0 N–H and O–H groups in total. The summed E-state index contributed by atoms with van der Waals surface area (Å²) in [6.07, 6.45) is -0.354. The second kappa shape index (κ2) is 6.14. The molecule has 2 rings (SSSR count). The van der Waals surface area contributed by atoms with Gasteiger partial charge in [-0.25, -0.2) is 9.97 Å². The van der Waals surface area contributed by atoms with Crippen molar-refractivity contribution in [2.24, 2.45) is 0 Å². The van der Waals surface area contributed by atoms with Crippen LogP contribution in [0.5, 0.6) is 0 Å². The SMILES string of the molecule is CCOC(c1ccccc1)c1nc(Cl)cc(Cl)n1. The van der Waals surface area contributed by atoms with E-state index in [-0.39, 0.29) is 6.10 Å². The largest absolute Gasteiger partial charge is 0.366 e. The van der Waals surface area contributed by atoms with Crippen molar-refractivity contribution >= 4 is 23.2 Å². The molecular formula is C13H12Cl2N2O. The zero-order valence-electron chi connectivity index (χ0n) is 9.81. The number of aromatic nitrogens is 2. The molecule has 1 aromatic heterocycles. The van der Waals surface area contributed by atoms with Crippen LogP contribution >= 0.6 is 23.2 Å². The molecule has 18 heavy (non-hydrogen) atoms. The van der Waals surface area contributed by atoms with Gasteiger partial charge >= 0.3 is 0 Å². The topological polar surface area (TPSA) is 35.0 Å². The van der Waals surface area contributed by atoms with Gasteiger partial charge < -0.3 is 4.74 Å². The molecular weight excluding hydrogens is 271 g/mol. The van der Waals surface area contributed by atoms with Gasteiger partial charge in [0.05, 0.1) is 0 Å². The van der Waals surface area contributed by atoms with Crippen LogP contribution < -0.4 is 0 Å². The van der Waals surface area contributed by atoms with E-state index in [1.807, 2.05) is 37.3 Å². The molecule has 0 aliphatic carbocycles. The van der Waals surface area contributed by atoms with E-state index in [2.05, 4.69) is 9.97 Å². The Bertz CT molecular complexity index is 499. The van der Waals surface area contributed by atoms with E-state index in [0.717, 1.165) is 5.56 Å². The fraction of sp³-hybridized carbons (Fsp3) is 0.231. The van der Waals surface area contributed by atoms with Crippen molar-refractivity contribution in [3.8, 4) is 0 Å². The summed E-state index contributed by atoms with van der Waals surface area (Å²) in [6.45, 7) is 2.47. The number of ether oxygens (including phenoxy) is 1. The predicted octanol–water partition coefficient (Wildman–Crippen LogP) is 3.91. The van der Waals surface area contributed by atoms with Crippen LogP contribution in [0.25, 0.3) is 0 Å². The Morgan fingerprint density at radius 3 is 2.28 bits per heavy atom. The highest BCUT2D eigenvalue weighted by atomic mass is 35.5. The molecule has 0 saturated carbocycles. The van der Waals surface area contributed by atoms with Crippen molar-refractivity contribution in [3.63, 3.8) is 0 Å². The highest BCUT2D eigenvalue weighted by molar-refractivity contribution is 6.33. The average Bonchev–Trinajstić information content (AvgIpc) is 2.36. The summed E-state index contributed by atoms with van der Waals surface area (Å²) in [7, 11) is 0. The second-order valence-corrected chi connectivity index (χ2v) is 4.39. The third-order valence-corrected chi connectivity index (χ3v) is 2.74. The smallest absolute Gasteiger partial charge is 0.165 e. The molecule has 0 aliphatic rings. The number of hydrogen-bond donors (Lipinski definition) is 0. The van der Waals surface area contributed by atoms with E-state index < -0.39 is 0 Å². The van der Waals surface area contributed by atoms with E-state index >= 15 is 0 Å². The number of benzene rings is 1. The molecule has 0 spiro atoms. The minimum Gasteiger partial charge on any atom is -0.366 e. The van der Waals surface area contributed by atoms with Gasteiger partial charge in [-0.1, -0.05) is 53.5 Å². The van der Waals surface area contributed by atoms with E-state index in [9.17, 15) is 0 Å². The van der Waals surface area contributed by atoms with Crippen molar-refractivity contribution in [3.05, 3.63) is 58.1 Å². The van der Waals surface area contributed by atoms with Crippen LogP contribution in [0.2, 0.25) is 10.3 Å². The summed E-state index contributed by atoms with van der Waals surface area (Å²) in [6, 6.07) is 11.2. The number of halogens is 2. The van der Waals surface area contributed by atoms with Crippen LogP contribution in [0.1, 0.15) is 24.4 Å². The fourth-order valence-corrected chi connectivity index (χ4v) is 2.07. The Morgan fingerprint density at radius 2 is 1.72 bits per heavy atom. The molecule has 0 saturated heterocycles. The van der Waals surface area contributed by atoms with Gasteiger partial charge in [0.2, 0.25) is 0 Å². The first-order chi connectivity index (χ1) is 8.70. The van der Waals surface area contributed by atoms with Crippen LogP contribution in [0, 0.1) is 0 Å². The van der Waals surface area contributed by atoms with Crippen LogP contribution in [0.3, 0.4) is 0 Å². The van der Waals surface area contributed by atoms with Crippen molar-refractivity contribution in [1.29, 1.82) is 0 Å². The minimum absolute atomic E-state index is 0.311. The number of hydrogen-bond acceptors (Lipinski definition) is 3. The summed E-state index contributed by atoms with van der Waals surface area (Å²) in [5.41, 5.74) is 0.970. The maximum atomic E-state index is 5.89. The van der Waals surface area contributed by atoms with Gasteiger partial charge in [-0.15, -0.1) is 0 Å². The summed E-state index contributed by atoms with van der Waals surface area (Å²) < 4.78 is 5.68. The van der Waals surface area contributed by atoms with Gasteiger partial charge in [-0.3, -0.25) is 0 Å². The monoisotopic (exact) mass is 282 g/mol. The van der Waals surface area contributed by atoms with Gasteiger partial charge in [-0.05, 0) is 12.5 Å². The third kappa shape index (κ3) is 3.19. The maximum absolute atomic E-state index is 5.89. The predicted molar refractivity (Wildman–Crippen MR) is 72.0 cm³/mol. The molecule has 94 valence electrons. The molecule has 2 aromatic rings. The number of nitrogens with zero attached hydrogens (tertiary/aromatic N) is 2. The van der Waals surface area contributed by atoms with Crippen molar-refractivity contribution in [1.82, 2.24) is 9.97 Å². The third-order valence-electron chi connectivity index (χ3n) is 2.35. The molecule has 5 heteroatoms.